The first-order valence-corrected chi connectivity index (χ1v) is 10.6. The van der Waals surface area contributed by atoms with Gasteiger partial charge in [-0.2, -0.15) is 18.3 Å². The summed E-state index contributed by atoms with van der Waals surface area (Å²) in [4.78, 5) is 15.6. The van der Waals surface area contributed by atoms with Crippen molar-refractivity contribution in [2.45, 2.75) is 45.1 Å². The van der Waals surface area contributed by atoms with E-state index < -0.39 is 11.7 Å². The average molecular weight is 456 g/mol. The van der Waals surface area contributed by atoms with Crippen LogP contribution in [0.25, 0.3) is 17.0 Å². The van der Waals surface area contributed by atoms with Crippen molar-refractivity contribution in [3.05, 3.63) is 59.8 Å². The van der Waals surface area contributed by atoms with Gasteiger partial charge in [-0.25, -0.2) is 15.0 Å². The molecule has 5 rings (SSSR count). The van der Waals surface area contributed by atoms with Crippen molar-refractivity contribution in [3.8, 4) is 11.4 Å². The second-order valence-corrected chi connectivity index (χ2v) is 8.42. The fourth-order valence-electron chi connectivity index (χ4n) is 4.39. The molecule has 0 bridgehead atoms. The molecule has 3 atom stereocenters. The number of aromatic amines is 1. The van der Waals surface area contributed by atoms with E-state index in [9.17, 15) is 13.2 Å². The lowest BCUT2D eigenvalue weighted by Crippen LogP contribution is -2.56. The van der Waals surface area contributed by atoms with Gasteiger partial charge in [0, 0.05) is 42.3 Å². The van der Waals surface area contributed by atoms with Gasteiger partial charge in [0.25, 0.3) is 0 Å². The number of nitrogens with one attached hydrogen (secondary N) is 2. The summed E-state index contributed by atoms with van der Waals surface area (Å²) < 4.78 is 41.2. The summed E-state index contributed by atoms with van der Waals surface area (Å²) in [5.41, 5.74) is 2.72. The van der Waals surface area contributed by atoms with E-state index in [1.807, 2.05) is 13.1 Å². The zero-order valence-corrected chi connectivity index (χ0v) is 18.3. The van der Waals surface area contributed by atoms with Gasteiger partial charge in [-0.15, -0.1) is 0 Å². The number of halogens is 3. The molecule has 1 unspecified atom stereocenters. The molecule has 0 radical (unpaired) electrons. The highest BCUT2D eigenvalue weighted by Crippen LogP contribution is 2.32. The zero-order chi connectivity index (χ0) is 23.3. The molecule has 1 saturated heterocycles. The Balaban J connectivity index is 1.53. The number of nitrogens with zero attached hydrogens (tertiary/aromatic N) is 6. The highest BCUT2D eigenvalue weighted by atomic mass is 19.4. The molecule has 172 valence electrons. The van der Waals surface area contributed by atoms with Crippen molar-refractivity contribution >= 4 is 11.6 Å². The monoisotopic (exact) mass is 456 g/mol. The van der Waals surface area contributed by atoms with Crippen molar-refractivity contribution in [1.82, 2.24) is 34.9 Å². The van der Waals surface area contributed by atoms with Crippen LogP contribution in [-0.2, 0) is 6.18 Å². The number of rotatable bonds is 3. The lowest BCUT2D eigenvalue weighted by Gasteiger charge is -2.43. The van der Waals surface area contributed by atoms with Gasteiger partial charge in [-0.3, -0.25) is 9.50 Å². The predicted octanol–water partition coefficient (Wildman–Crippen LogP) is 3.77. The average Bonchev–Trinajstić information content (AvgIpc) is 3.40. The number of fused-ring (bicyclic) bond motifs is 1. The molecule has 2 N–H and O–H groups in total. The Bertz CT molecular complexity index is 1290. The van der Waals surface area contributed by atoms with Gasteiger partial charge in [-0.1, -0.05) is 0 Å². The fourth-order valence-corrected chi connectivity index (χ4v) is 4.39. The Hall–Kier alpha value is -3.47. The molecule has 4 aromatic rings. The third-order valence-corrected chi connectivity index (χ3v) is 6.11. The van der Waals surface area contributed by atoms with Crippen LogP contribution in [0, 0.1) is 6.92 Å². The van der Waals surface area contributed by atoms with E-state index in [2.05, 4.69) is 44.2 Å². The van der Waals surface area contributed by atoms with Crippen molar-refractivity contribution in [1.29, 1.82) is 0 Å². The van der Waals surface area contributed by atoms with Crippen molar-refractivity contribution < 1.29 is 13.2 Å². The highest BCUT2D eigenvalue weighted by molar-refractivity contribution is 5.61. The number of hydrogen-bond acceptors (Lipinski definition) is 6. The van der Waals surface area contributed by atoms with E-state index in [1.165, 1.54) is 16.7 Å². The molecule has 1 aliphatic heterocycles. The van der Waals surface area contributed by atoms with E-state index in [4.69, 9.17) is 4.98 Å². The lowest BCUT2D eigenvalue weighted by atomic mass is 9.96. The zero-order valence-electron chi connectivity index (χ0n) is 18.3. The summed E-state index contributed by atoms with van der Waals surface area (Å²) in [6.45, 7) is 6.85. The summed E-state index contributed by atoms with van der Waals surface area (Å²) in [6, 6.07) is 4.27. The quantitative estimate of drug-likeness (QED) is 0.488. The van der Waals surface area contributed by atoms with Gasteiger partial charge in [-0.05, 0) is 39.0 Å². The summed E-state index contributed by atoms with van der Waals surface area (Å²) in [5.74, 6) is 0.515. The highest BCUT2D eigenvalue weighted by Gasteiger charge is 2.35. The van der Waals surface area contributed by atoms with Crippen LogP contribution in [0.15, 0.2) is 43.0 Å². The molecular weight excluding hydrogens is 433 g/mol. The maximum absolute atomic E-state index is 13.2. The number of H-pyrrole nitrogens is 1. The summed E-state index contributed by atoms with van der Waals surface area (Å²) in [7, 11) is 0. The van der Waals surface area contributed by atoms with Gasteiger partial charge in [0.15, 0.2) is 0 Å². The number of piperazine rings is 1. The largest absolute Gasteiger partial charge is 0.417 e. The summed E-state index contributed by atoms with van der Waals surface area (Å²) in [5, 5.41) is 10.8. The number of hydrogen-bond donors (Lipinski definition) is 2. The van der Waals surface area contributed by atoms with Crippen LogP contribution in [-0.4, -0.2) is 48.2 Å². The van der Waals surface area contributed by atoms with Crippen molar-refractivity contribution in [3.63, 3.8) is 0 Å². The molecule has 11 heteroatoms. The van der Waals surface area contributed by atoms with E-state index in [0.717, 1.165) is 23.5 Å². The molecule has 4 aromatic heterocycles. The van der Waals surface area contributed by atoms with E-state index in [0.29, 0.717) is 29.5 Å². The maximum atomic E-state index is 13.2. The van der Waals surface area contributed by atoms with Gasteiger partial charge >= 0.3 is 6.18 Å². The normalized spacial score (nSPS) is 21.6. The van der Waals surface area contributed by atoms with E-state index in [1.54, 1.807) is 12.3 Å². The van der Waals surface area contributed by atoms with Gasteiger partial charge in [0.1, 0.15) is 5.65 Å². The minimum Gasteiger partial charge on any atom is -0.335 e. The number of aromatic nitrogens is 6. The van der Waals surface area contributed by atoms with Crippen molar-refractivity contribution in [2.75, 3.05) is 11.4 Å². The fraction of sp³-hybridized carbons (Fsp3) is 0.364. The van der Waals surface area contributed by atoms with Crippen LogP contribution >= 0.6 is 0 Å². The minimum atomic E-state index is -4.45. The maximum Gasteiger partial charge on any atom is 0.417 e. The van der Waals surface area contributed by atoms with E-state index >= 15 is 0 Å². The van der Waals surface area contributed by atoms with Crippen LogP contribution in [0.2, 0.25) is 0 Å². The van der Waals surface area contributed by atoms with Crippen LogP contribution in [0.4, 0.5) is 19.1 Å². The van der Waals surface area contributed by atoms with Gasteiger partial charge < -0.3 is 10.2 Å². The topological polar surface area (TPSA) is 87.0 Å². The van der Waals surface area contributed by atoms with Crippen LogP contribution < -0.4 is 10.2 Å². The molecule has 0 aliphatic carbocycles. The first kappa shape index (κ1) is 21.4. The second-order valence-electron chi connectivity index (χ2n) is 8.42. The van der Waals surface area contributed by atoms with Gasteiger partial charge in [0.2, 0.25) is 5.95 Å². The first-order chi connectivity index (χ1) is 15.7. The first-order valence-electron chi connectivity index (χ1n) is 10.6. The molecule has 1 fully saturated rings. The Morgan fingerprint density at radius 1 is 1.09 bits per heavy atom. The number of imidazole rings is 1. The predicted molar refractivity (Wildman–Crippen MR) is 117 cm³/mol. The third kappa shape index (κ3) is 3.82. The van der Waals surface area contributed by atoms with Crippen LogP contribution in [0.5, 0.6) is 0 Å². The Morgan fingerprint density at radius 2 is 1.91 bits per heavy atom. The van der Waals surface area contributed by atoms with E-state index in [-0.39, 0.29) is 18.1 Å². The number of anilines is 1. The molecule has 0 aromatic carbocycles. The minimum absolute atomic E-state index is 0.0184. The Kier molecular flexibility index (Phi) is 5.08. The Labute approximate surface area is 187 Å². The van der Waals surface area contributed by atoms with Crippen molar-refractivity contribution in [2.24, 2.45) is 0 Å². The number of aryl methyl sites for hydroxylation is 1. The second kappa shape index (κ2) is 7.84. The Morgan fingerprint density at radius 3 is 2.64 bits per heavy atom. The molecule has 5 heterocycles. The summed E-state index contributed by atoms with van der Waals surface area (Å²) in [6.07, 6.45) is 1.59. The SMILES string of the molecule is Cc1[nH]ncc1C1N[C@H](C)CN(c2nccc(-c3cnc4ccc(C(F)(F)F)cn34)n2)[C@@H]1C. The molecule has 0 saturated carbocycles. The third-order valence-electron chi connectivity index (χ3n) is 6.11. The van der Waals surface area contributed by atoms with Gasteiger partial charge in [0.05, 0.1) is 35.4 Å². The standard InChI is InChI=1S/C22H23F3N8/c1-12-10-32(14(3)20(29-12)16-8-28-31-13(16)2)21-26-7-6-17(30-21)18-9-27-19-5-4-15(11-33(18)19)22(23,24)25/h4-9,11-12,14,20,29H,10H2,1-3H3,(H,28,31)/t12-,14-,20?/m1/s1. The smallest absolute Gasteiger partial charge is 0.335 e. The lowest BCUT2D eigenvalue weighted by molar-refractivity contribution is -0.137. The number of alkyl halides is 3. The molecule has 0 spiro atoms. The molecule has 0 amide bonds. The van der Waals surface area contributed by atoms with Crippen LogP contribution in [0.1, 0.15) is 36.7 Å². The molecular formula is C22H23F3N8. The number of pyridine rings is 1. The molecule has 33 heavy (non-hydrogen) atoms. The molecule has 1 aliphatic rings. The summed E-state index contributed by atoms with van der Waals surface area (Å²) >= 11 is 0. The molecule has 8 nitrogen and oxygen atoms in total. The van der Waals surface area contributed by atoms with Crippen LogP contribution in [0.3, 0.4) is 0 Å².